The van der Waals surface area contributed by atoms with Gasteiger partial charge in [0.05, 0.1) is 30.8 Å². The minimum atomic E-state index is -3.74. The lowest BCUT2D eigenvalue weighted by atomic mass is 9.68. The Bertz CT molecular complexity index is 869. The highest BCUT2D eigenvalue weighted by molar-refractivity contribution is 7.86. The lowest BCUT2D eigenvalue weighted by Crippen LogP contribution is -2.41. The molecule has 30 heavy (non-hydrogen) atoms. The third-order valence-corrected chi connectivity index (χ3v) is 8.19. The Morgan fingerprint density at radius 3 is 2.00 bits per heavy atom. The summed E-state index contributed by atoms with van der Waals surface area (Å²) < 4.78 is 72.0. The first kappa shape index (κ1) is 25.2. The Morgan fingerprint density at radius 1 is 0.933 bits per heavy atom. The van der Waals surface area contributed by atoms with Gasteiger partial charge in [0.2, 0.25) is 0 Å². The highest BCUT2D eigenvalue weighted by atomic mass is 32.2. The summed E-state index contributed by atoms with van der Waals surface area (Å²) in [5.41, 5.74) is 0.645. The Morgan fingerprint density at radius 2 is 1.47 bits per heavy atom. The van der Waals surface area contributed by atoms with Crippen molar-refractivity contribution in [3.63, 3.8) is 0 Å². The standard InChI is InChI=1S/C20H31FO7S2/c1-3-11-29(23,24)27-13-16-7-10-19(22)20(15-5-8-17(21)9-6-15)18(16)14-28-30(25,26)12-4-2/h5-6,8-9,16,18-20,22H,3-4,7,10-14H2,1-2H3/t16-,18-,19+,20+/m1/s1. The first-order chi connectivity index (χ1) is 14.1. The van der Waals surface area contributed by atoms with Gasteiger partial charge in [-0.25, -0.2) is 4.39 Å². The second-order valence-electron chi connectivity index (χ2n) is 7.74. The van der Waals surface area contributed by atoms with E-state index in [1.165, 1.54) is 12.1 Å². The van der Waals surface area contributed by atoms with Gasteiger partial charge in [0, 0.05) is 5.92 Å². The molecule has 2 rings (SSSR count). The molecule has 10 heteroatoms. The predicted octanol–water partition coefficient (Wildman–Crippen LogP) is 2.81. The largest absolute Gasteiger partial charge is 0.392 e. The first-order valence-electron chi connectivity index (χ1n) is 10.3. The zero-order valence-corrected chi connectivity index (χ0v) is 19.0. The Labute approximate surface area is 178 Å². The van der Waals surface area contributed by atoms with Crippen molar-refractivity contribution in [2.75, 3.05) is 24.7 Å². The fourth-order valence-electron chi connectivity index (χ4n) is 3.95. The molecule has 1 aromatic carbocycles. The Kier molecular flexibility index (Phi) is 9.23. The Hall–Kier alpha value is -1.07. The lowest BCUT2D eigenvalue weighted by Gasteiger charge is -2.41. The summed E-state index contributed by atoms with van der Waals surface area (Å²) in [6.07, 6.45) is 0.885. The van der Waals surface area contributed by atoms with E-state index in [0.29, 0.717) is 31.2 Å². The molecule has 1 aliphatic carbocycles. The van der Waals surface area contributed by atoms with Gasteiger partial charge < -0.3 is 5.11 Å². The molecule has 1 saturated carbocycles. The van der Waals surface area contributed by atoms with Crippen LogP contribution in [0.5, 0.6) is 0 Å². The van der Waals surface area contributed by atoms with Crippen LogP contribution < -0.4 is 0 Å². The maximum Gasteiger partial charge on any atom is 0.267 e. The second-order valence-corrected chi connectivity index (χ2v) is 11.3. The summed E-state index contributed by atoms with van der Waals surface area (Å²) in [5, 5.41) is 10.7. The molecular weight excluding hydrogens is 435 g/mol. The van der Waals surface area contributed by atoms with Gasteiger partial charge >= 0.3 is 0 Å². The average molecular weight is 467 g/mol. The van der Waals surface area contributed by atoms with E-state index in [1.807, 2.05) is 0 Å². The summed E-state index contributed by atoms with van der Waals surface area (Å²) in [7, 11) is -7.42. The average Bonchev–Trinajstić information content (AvgIpc) is 2.66. The van der Waals surface area contributed by atoms with Gasteiger partial charge in [0.25, 0.3) is 20.2 Å². The highest BCUT2D eigenvalue weighted by Crippen LogP contribution is 2.42. The topological polar surface area (TPSA) is 107 Å². The Balaban J connectivity index is 2.28. The van der Waals surface area contributed by atoms with Crippen molar-refractivity contribution in [3.8, 4) is 0 Å². The van der Waals surface area contributed by atoms with Gasteiger partial charge in [0.1, 0.15) is 5.82 Å². The minimum Gasteiger partial charge on any atom is -0.392 e. The minimum absolute atomic E-state index is 0.101. The predicted molar refractivity (Wildman–Crippen MR) is 111 cm³/mol. The molecule has 0 unspecified atom stereocenters. The summed E-state index contributed by atoms with van der Waals surface area (Å²) in [6.45, 7) is 3.14. The molecule has 1 N–H and O–H groups in total. The van der Waals surface area contributed by atoms with Gasteiger partial charge in [-0.2, -0.15) is 16.8 Å². The van der Waals surface area contributed by atoms with Crippen molar-refractivity contribution < 1.29 is 34.7 Å². The number of aliphatic hydroxyl groups is 1. The van der Waals surface area contributed by atoms with Gasteiger partial charge in [-0.05, 0) is 55.2 Å². The normalized spacial score (nSPS) is 25.3. The van der Waals surface area contributed by atoms with E-state index in [9.17, 15) is 26.3 Å². The van der Waals surface area contributed by atoms with Gasteiger partial charge in [0.15, 0.2) is 0 Å². The third-order valence-electron chi connectivity index (χ3n) is 5.38. The summed E-state index contributed by atoms with van der Waals surface area (Å²) in [6, 6.07) is 5.65. The van der Waals surface area contributed by atoms with E-state index in [0.717, 1.165) is 0 Å². The van der Waals surface area contributed by atoms with Crippen molar-refractivity contribution in [1.82, 2.24) is 0 Å². The zero-order valence-electron chi connectivity index (χ0n) is 17.4. The fourth-order valence-corrected chi connectivity index (χ4v) is 5.93. The van der Waals surface area contributed by atoms with E-state index in [2.05, 4.69) is 0 Å². The highest BCUT2D eigenvalue weighted by Gasteiger charge is 2.41. The van der Waals surface area contributed by atoms with Crippen LogP contribution in [0.4, 0.5) is 4.39 Å². The van der Waals surface area contributed by atoms with Crippen LogP contribution in [0.2, 0.25) is 0 Å². The maximum atomic E-state index is 13.4. The van der Waals surface area contributed by atoms with Crippen molar-refractivity contribution in [1.29, 1.82) is 0 Å². The molecule has 172 valence electrons. The summed E-state index contributed by atoms with van der Waals surface area (Å²) in [4.78, 5) is 0. The van der Waals surface area contributed by atoms with Gasteiger partial charge in [-0.15, -0.1) is 0 Å². The fraction of sp³-hybridized carbons (Fsp3) is 0.700. The van der Waals surface area contributed by atoms with Crippen molar-refractivity contribution in [2.24, 2.45) is 11.8 Å². The van der Waals surface area contributed by atoms with Crippen LogP contribution in [0.25, 0.3) is 0 Å². The quantitative estimate of drug-likeness (QED) is 0.500. The zero-order chi connectivity index (χ0) is 22.4. The molecule has 0 saturated heterocycles. The van der Waals surface area contributed by atoms with E-state index < -0.39 is 44.0 Å². The molecular formula is C20H31FO7S2. The van der Waals surface area contributed by atoms with Crippen molar-refractivity contribution >= 4 is 20.2 Å². The molecule has 0 aromatic heterocycles. The van der Waals surface area contributed by atoms with Crippen LogP contribution in [-0.4, -0.2) is 52.8 Å². The molecule has 0 radical (unpaired) electrons. The number of rotatable bonds is 11. The monoisotopic (exact) mass is 466 g/mol. The van der Waals surface area contributed by atoms with Crippen LogP contribution in [0.1, 0.15) is 51.0 Å². The van der Waals surface area contributed by atoms with E-state index >= 15 is 0 Å². The van der Waals surface area contributed by atoms with Gasteiger partial charge in [-0.3, -0.25) is 8.37 Å². The van der Waals surface area contributed by atoms with Crippen LogP contribution in [-0.2, 0) is 28.6 Å². The lowest BCUT2D eigenvalue weighted by molar-refractivity contribution is 0.00754. The van der Waals surface area contributed by atoms with Gasteiger partial charge in [-0.1, -0.05) is 26.0 Å². The number of aliphatic hydroxyl groups excluding tert-OH is 1. The molecule has 1 aromatic rings. The molecule has 7 nitrogen and oxygen atoms in total. The molecule has 0 heterocycles. The molecule has 0 spiro atoms. The molecule has 1 aliphatic rings. The molecule has 1 fully saturated rings. The van der Waals surface area contributed by atoms with Crippen LogP contribution >= 0.6 is 0 Å². The van der Waals surface area contributed by atoms with Crippen LogP contribution in [0.15, 0.2) is 24.3 Å². The van der Waals surface area contributed by atoms with E-state index in [-0.39, 0.29) is 30.6 Å². The van der Waals surface area contributed by atoms with E-state index in [4.69, 9.17) is 8.37 Å². The van der Waals surface area contributed by atoms with E-state index in [1.54, 1.807) is 26.0 Å². The molecule has 0 amide bonds. The van der Waals surface area contributed by atoms with Crippen LogP contribution in [0.3, 0.4) is 0 Å². The summed E-state index contributed by atoms with van der Waals surface area (Å²) in [5.74, 6) is -2.04. The number of hydrogen-bond acceptors (Lipinski definition) is 7. The number of benzene rings is 1. The molecule has 4 atom stereocenters. The first-order valence-corrected chi connectivity index (χ1v) is 13.4. The van der Waals surface area contributed by atoms with Crippen LogP contribution in [0, 0.1) is 17.7 Å². The SMILES string of the molecule is CCCS(=O)(=O)OC[C@H]1CC[C@H](O)[C@@H](c2ccc(F)cc2)[C@@H]1COS(=O)(=O)CCC. The summed E-state index contributed by atoms with van der Waals surface area (Å²) >= 11 is 0. The van der Waals surface area contributed by atoms with Crippen molar-refractivity contribution in [2.45, 2.75) is 51.6 Å². The number of hydrogen-bond donors (Lipinski definition) is 1. The smallest absolute Gasteiger partial charge is 0.267 e. The number of halogens is 1. The molecule has 0 bridgehead atoms. The second kappa shape index (κ2) is 11.0. The third kappa shape index (κ3) is 7.26. The molecule has 0 aliphatic heterocycles. The van der Waals surface area contributed by atoms with Crippen molar-refractivity contribution in [3.05, 3.63) is 35.6 Å². The maximum absolute atomic E-state index is 13.4.